The lowest BCUT2D eigenvalue weighted by atomic mass is 9.90. The minimum Gasteiger partial charge on any atom is -1.00 e. The van der Waals surface area contributed by atoms with Crippen molar-refractivity contribution < 1.29 is 41.6 Å². The summed E-state index contributed by atoms with van der Waals surface area (Å²) in [5.41, 5.74) is 0.662. The number of quaternary nitrogens is 1. The monoisotopic (exact) mass is 464 g/mol. The molecular formula is C22H25ClN2O5S. The number of Topliss-reactive ketones (excluding diaryl/α,β-unsaturated/α-hetero) is 2. The predicted octanol–water partition coefficient (Wildman–Crippen LogP) is -1.41. The summed E-state index contributed by atoms with van der Waals surface area (Å²) in [6.07, 6.45) is 3.12. The van der Waals surface area contributed by atoms with Gasteiger partial charge in [-0.15, -0.1) is 11.8 Å². The first-order valence-corrected chi connectivity index (χ1v) is 11.6. The topological polar surface area (TPSA) is 89.5 Å². The van der Waals surface area contributed by atoms with Gasteiger partial charge in [0.25, 0.3) is 0 Å². The van der Waals surface area contributed by atoms with Gasteiger partial charge in [-0.05, 0) is 6.42 Å². The number of piperidine rings is 2. The van der Waals surface area contributed by atoms with Gasteiger partial charge < -0.3 is 32.1 Å². The number of rotatable bonds is 1. The van der Waals surface area contributed by atoms with E-state index in [1.54, 1.807) is 17.0 Å². The van der Waals surface area contributed by atoms with E-state index in [9.17, 15) is 14.4 Å². The molecule has 0 radical (unpaired) electrons. The van der Waals surface area contributed by atoms with E-state index in [0.29, 0.717) is 53.5 Å². The number of allylic oxidation sites excluding steroid dienone is 1. The highest BCUT2D eigenvalue weighted by Crippen LogP contribution is 2.47. The summed E-state index contributed by atoms with van der Waals surface area (Å²) < 4.78 is 12.1. The van der Waals surface area contributed by atoms with Gasteiger partial charge in [-0.25, -0.2) is 4.79 Å². The Morgan fingerprint density at radius 3 is 2.61 bits per heavy atom. The molecule has 1 unspecified atom stereocenters. The zero-order valence-electron chi connectivity index (χ0n) is 17.1. The highest BCUT2D eigenvalue weighted by atomic mass is 35.5. The number of nitrogens with two attached hydrogens (primary N) is 1. The lowest BCUT2D eigenvalue weighted by Crippen LogP contribution is -3.00. The average molecular weight is 465 g/mol. The molecule has 1 atom stereocenters. The minimum absolute atomic E-state index is 0. The van der Waals surface area contributed by atoms with Crippen molar-refractivity contribution in [3.63, 3.8) is 0 Å². The van der Waals surface area contributed by atoms with Crippen LogP contribution in [-0.4, -0.2) is 66.2 Å². The molecule has 0 aromatic heterocycles. The number of hydrogen-bond acceptors (Lipinski definition) is 6. The third kappa shape index (κ3) is 4.08. The van der Waals surface area contributed by atoms with Gasteiger partial charge >= 0.3 is 6.09 Å². The highest BCUT2D eigenvalue weighted by Gasteiger charge is 2.46. The number of hydrogen-bond donors (Lipinski definition) is 1. The van der Waals surface area contributed by atoms with Crippen LogP contribution in [0.1, 0.15) is 41.6 Å². The number of benzene rings is 1. The summed E-state index contributed by atoms with van der Waals surface area (Å²) in [6.45, 7) is 3.07. The molecule has 166 valence electrons. The fourth-order valence-electron chi connectivity index (χ4n) is 4.59. The SMILES string of the molecule is O=C1C(=O)c2ccccc2C2=C1SCC1(CCN(C(=O)OC3CCC[NH2+]C3)CC1)O2.[Cl-]. The molecule has 1 aliphatic carbocycles. The Hall–Kier alpha value is -2.03. The second-order valence-corrected chi connectivity index (χ2v) is 9.37. The summed E-state index contributed by atoms with van der Waals surface area (Å²) in [7, 11) is 0. The standard InChI is InChI=1S/C22H24N2O5S.ClH/c25-17-15-5-1-2-6-16(15)19-20(18(17)26)30-13-22(29-19)7-10-24(11-8-22)21(27)28-14-4-3-9-23-12-14;/h1-2,5-6,14,23H,3-4,7-13H2;1H. The summed E-state index contributed by atoms with van der Waals surface area (Å²) in [4.78, 5) is 39.7. The van der Waals surface area contributed by atoms with E-state index in [2.05, 4.69) is 5.32 Å². The maximum absolute atomic E-state index is 12.6. The molecule has 2 saturated heterocycles. The second-order valence-electron chi connectivity index (χ2n) is 8.38. The summed E-state index contributed by atoms with van der Waals surface area (Å²) in [5.74, 6) is 0.191. The van der Waals surface area contributed by atoms with Gasteiger partial charge in [-0.1, -0.05) is 24.3 Å². The van der Waals surface area contributed by atoms with Gasteiger partial charge in [0.05, 0.1) is 6.54 Å². The Morgan fingerprint density at radius 2 is 1.90 bits per heavy atom. The average Bonchev–Trinajstić information content (AvgIpc) is 2.78. The van der Waals surface area contributed by atoms with E-state index in [1.165, 1.54) is 11.8 Å². The molecule has 2 fully saturated rings. The maximum Gasteiger partial charge on any atom is 0.410 e. The van der Waals surface area contributed by atoms with E-state index in [1.807, 2.05) is 12.1 Å². The van der Waals surface area contributed by atoms with Crippen LogP contribution in [0.4, 0.5) is 4.79 Å². The van der Waals surface area contributed by atoms with Crippen LogP contribution in [0.3, 0.4) is 0 Å². The quantitative estimate of drug-likeness (QED) is 0.513. The van der Waals surface area contributed by atoms with Crippen LogP contribution in [0.25, 0.3) is 5.76 Å². The Morgan fingerprint density at radius 1 is 1.16 bits per heavy atom. The smallest absolute Gasteiger partial charge is 0.410 e. The molecule has 3 heterocycles. The number of ether oxygens (including phenoxy) is 2. The van der Waals surface area contributed by atoms with Crippen molar-refractivity contribution >= 4 is 35.2 Å². The van der Waals surface area contributed by atoms with E-state index in [-0.39, 0.29) is 24.6 Å². The molecule has 7 nitrogen and oxygen atoms in total. The Bertz CT molecular complexity index is 936. The van der Waals surface area contributed by atoms with E-state index in [4.69, 9.17) is 9.47 Å². The number of thioether (sulfide) groups is 1. The minimum atomic E-state index is -0.478. The van der Waals surface area contributed by atoms with E-state index < -0.39 is 17.2 Å². The molecular weight excluding hydrogens is 440 g/mol. The van der Waals surface area contributed by atoms with Gasteiger partial charge in [0.1, 0.15) is 22.8 Å². The largest absolute Gasteiger partial charge is 1.00 e. The third-order valence-electron chi connectivity index (χ3n) is 6.40. The normalized spacial score (nSPS) is 24.6. The fraction of sp³-hybridized carbons (Fsp3) is 0.500. The number of halogens is 1. The van der Waals surface area contributed by atoms with E-state index >= 15 is 0 Å². The van der Waals surface area contributed by atoms with Crippen molar-refractivity contribution in [1.29, 1.82) is 0 Å². The number of carbonyl (C=O) groups excluding carboxylic acids is 3. The molecule has 2 N–H and O–H groups in total. The Labute approximate surface area is 191 Å². The molecule has 5 rings (SSSR count). The molecule has 1 aromatic rings. The van der Waals surface area contributed by atoms with Crippen molar-refractivity contribution in [3.05, 3.63) is 40.3 Å². The van der Waals surface area contributed by atoms with Crippen molar-refractivity contribution in [2.45, 2.75) is 37.4 Å². The predicted molar refractivity (Wildman–Crippen MR) is 111 cm³/mol. The Balaban J connectivity index is 0.00000231. The van der Waals surface area contributed by atoms with Gasteiger partial charge in [-0.2, -0.15) is 0 Å². The number of fused-ring (bicyclic) bond motifs is 2. The first-order chi connectivity index (χ1) is 14.6. The fourth-order valence-corrected chi connectivity index (χ4v) is 5.85. The van der Waals surface area contributed by atoms with Crippen molar-refractivity contribution in [2.75, 3.05) is 31.9 Å². The van der Waals surface area contributed by atoms with Gasteiger partial charge in [0.15, 0.2) is 6.10 Å². The van der Waals surface area contributed by atoms with Gasteiger partial charge in [0, 0.05) is 49.2 Å². The summed E-state index contributed by atoms with van der Waals surface area (Å²) in [5, 5.41) is 2.19. The maximum atomic E-state index is 12.6. The molecule has 0 bridgehead atoms. The number of ketones is 2. The molecule has 0 saturated carbocycles. The van der Waals surface area contributed by atoms with Crippen LogP contribution in [0.15, 0.2) is 29.2 Å². The molecule has 9 heteroatoms. The summed E-state index contributed by atoms with van der Waals surface area (Å²) in [6, 6.07) is 7.12. The lowest BCUT2D eigenvalue weighted by Gasteiger charge is -2.45. The lowest BCUT2D eigenvalue weighted by molar-refractivity contribution is -0.669. The molecule has 1 aromatic carbocycles. The van der Waals surface area contributed by atoms with Gasteiger partial charge in [-0.3, -0.25) is 9.59 Å². The highest BCUT2D eigenvalue weighted by molar-refractivity contribution is 8.04. The molecule has 1 amide bonds. The number of carbonyl (C=O) groups is 3. The summed E-state index contributed by atoms with van der Waals surface area (Å²) >= 11 is 1.41. The molecule has 31 heavy (non-hydrogen) atoms. The molecule has 4 aliphatic rings. The zero-order chi connectivity index (χ0) is 20.7. The second kappa shape index (κ2) is 8.84. The van der Waals surface area contributed by atoms with Crippen molar-refractivity contribution in [1.82, 2.24) is 4.90 Å². The van der Waals surface area contributed by atoms with Gasteiger partial charge in [0.2, 0.25) is 11.6 Å². The van der Waals surface area contributed by atoms with Crippen LogP contribution in [0.2, 0.25) is 0 Å². The first-order valence-electron chi connectivity index (χ1n) is 10.6. The van der Waals surface area contributed by atoms with Crippen LogP contribution < -0.4 is 17.7 Å². The third-order valence-corrected chi connectivity index (χ3v) is 7.73. The molecule has 3 aliphatic heterocycles. The van der Waals surface area contributed by atoms with Crippen molar-refractivity contribution in [2.24, 2.45) is 0 Å². The van der Waals surface area contributed by atoms with E-state index in [0.717, 1.165) is 25.9 Å². The van der Waals surface area contributed by atoms with Crippen LogP contribution >= 0.6 is 11.8 Å². The first kappa shape index (κ1) is 22.2. The van der Waals surface area contributed by atoms with Crippen LogP contribution in [0, 0.1) is 0 Å². The van der Waals surface area contributed by atoms with Crippen molar-refractivity contribution in [3.8, 4) is 0 Å². The number of amides is 1. The number of nitrogens with zero attached hydrogens (tertiary/aromatic N) is 1. The zero-order valence-corrected chi connectivity index (χ0v) is 18.7. The Kier molecular flexibility index (Phi) is 6.32. The van der Waals surface area contributed by atoms with Crippen LogP contribution in [-0.2, 0) is 14.3 Å². The van der Waals surface area contributed by atoms with Crippen LogP contribution in [0.5, 0.6) is 0 Å². The molecule has 1 spiro atoms. The number of likely N-dealkylation sites (tertiary alicyclic amines) is 1.